The summed E-state index contributed by atoms with van der Waals surface area (Å²) in [5.74, 6) is 0.883. The Kier molecular flexibility index (Phi) is 3.63. The molecule has 19 heavy (non-hydrogen) atoms. The zero-order valence-electron chi connectivity index (χ0n) is 12.0. The fraction of sp³-hybridized carbons (Fsp3) is 0.294. The molecule has 2 heteroatoms. The number of aryl methyl sites for hydroxylation is 1. The van der Waals surface area contributed by atoms with Crippen LogP contribution in [-0.2, 0) is 5.54 Å². The SMILES string of the molecule is COc1c(C(C)(N)c2ccccc2)ccc(C)c1C. The van der Waals surface area contributed by atoms with Gasteiger partial charge in [0.1, 0.15) is 5.75 Å². The summed E-state index contributed by atoms with van der Waals surface area (Å²) in [7, 11) is 1.70. The Labute approximate surface area is 115 Å². The van der Waals surface area contributed by atoms with Gasteiger partial charge in [-0.05, 0) is 37.5 Å². The molecule has 2 N–H and O–H groups in total. The second-order valence-corrected chi connectivity index (χ2v) is 5.16. The van der Waals surface area contributed by atoms with Crippen LogP contribution in [-0.4, -0.2) is 7.11 Å². The minimum Gasteiger partial charge on any atom is -0.496 e. The lowest BCUT2D eigenvalue weighted by molar-refractivity contribution is 0.395. The van der Waals surface area contributed by atoms with E-state index >= 15 is 0 Å². The van der Waals surface area contributed by atoms with Crippen molar-refractivity contribution in [2.24, 2.45) is 5.73 Å². The number of benzene rings is 2. The van der Waals surface area contributed by atoms with Gasteiger partial charge in [-0.15, -0.1) is 0 Å². The Morgan fingerprint density at radius 2 is 1.63 bits per heavy atom. The van der Waals surface area contributed by atoms with E-state index in [1.54, 1.807) is 7.11 Å². The first-order valence-electron chi connectivity index (χ1n) is 6.47. The van der Waals surface area contributed by atoms with Crippen molar-refractivity contribution in [1.29, 1.82) is 0 Å². The van der Waals surface area contributed by atoms with Crippen LogP contribution in [0.2, 0.25) is 0 Å². The van der Waals surface area contributed by atoms with Crippen LogP contribution in [0.15, 0.2) is 42.5 Å². The molecule has 2 aromatic rings. The average molecular weight is 255 g/mol. The van der Waals surface area contributed by atoms with Crippen LogP contribution in [0.4, 0.5) is 0 Å². The first-order chi connectivity index (χ1) is 8.98. The lowest BCUT2D eigenvalue weighted by atomic mass is 9.83. The Balaban J connectivity index is 2.61. The molecule has 0 radical (unpaired) electrons. The van der Waals surface area contributed by atoms with Crippen molar-refractivity contribution < 1.29 is 4.74 Å². The van der Waals surface area contributed by atoms with E-state index in [1.807, 2.05) is 25.1 Å². The fourth-order valence-corrected chi connectivity index (χ4v) is 2.40. The number of ether oxygens (including phenoxy) is 1. The van der Waals surface area contributed by atoms with Crippen LogP contribution >= 0.6 is 0 Å². The summed E-state index contributed by atoms with van der Waals surface area (Å²) in [6, 6.07) is 14.3. The highest BCUT2D eigenvalue weighted by molar-refractivity contribution is 5.51. The minimum atomic E-state index is -0.564. The Morgan fingerprint density at radius 1 is 1.00 bits per heavy atom. The van der Waals surface area contributed by atoms with E-state index in [2.05, 4.69) is 38.1 Å². The number of rotatable bonds is 3. The summed E-state index contributed by atoms with van der Waals surface area (Å²) in [4.78, 5) is 0. The maximum absolute atomic E-state index is 6.57. The predicted molar refractivity (Wildman–Crippen MR) is 79.6 cm³/mol. The molecular weight excluding hydrogens is 234 g/mol. The van der Waals surface area contributed by atoms with Crippen LogP contribution in [0.1, 0.15) is 29.2 Å². The molecule has 0 heterocycles. The molecule has 100 valence electrons. The third-order valence-corrected chi connectivity index (χ3v) is 3.81. The molecule has 2 rings (SSSR count). The van der Waals surface area contributed by atoms with E-state index in [-0.39, 0.29) is 0 Å². The molecule has 0 spiro atoms. The smallest absolute Gasteiger partial charge is 0.127 e. The molecule has 0 saturated heterocycles. The molecule has 0 amide bonds. The van der Waals surface area contributed by atoms with Gasteiger partial charge in [-0.25, -0.2) is 0 Å². The van der Waals surface area contributed by atoms with Crippen LogP contribution < -0.4 is 10.5 Å². The maximum atomic E-state index is 6.57. The summed E-state index contributed by atoms with van der Waals surface area (Å²) in [6.45, 7) is 6.17. The molecule has 0 saturated carbocycles. The van der Waals surface area contributed by atoms with Crippen molar-refractivity contribution in [3.63, 3.8) is 0 Å². The summed E-state index contributed by atoms with van der Waals surface area (Å²) in [5, 5.41) is 0. The second kappa shape index (κ2) is 5.06. The predicted octanol–water partition coefficient (Wildman–Crippen LogP) is 3.53. The number of methoxy groups -OCH3 is 1. The van der Waals surface area contributed by atoms with E-state index in [0.717, 1.165) is 22.4 Å². The van der Waals surface area contributed by atoms with Crippen molar-refractivity contribution >= 4 is 0 Å². The lowest BCUT2D eigenvalue weighted by Crippen LogP contribution is -2.34. The highest BCUT2D eigenvalue weighted by Gasteiger charge is 2.28. The Morgan fingerprint density at radius 3 is 2.21 bits per heavy atom. The van der Waals surface area contributed by atoms with E-state index in [9.17, 15) is 0 Å². The van der Waals surface area contributed by atoms with Crippen molar-refractivity contribution in [1.82, 2.24) is 0 Å². The number of nitrogens with two attached hydrogens (primary N) is 1. The van der Waals surface area contributed by atoms with Gasteiger partial charge in [0.25, 0.3) is 0 Å². The van der Waals surface area contributed by atoms with E-state index in [0.29, 0.717) is 0 Å². The molecule has 1 unspecified atom stereocenters. The summed E-state index contributed by atoms with van der Waals surface area (Å²) in [6.07, 6.45) is 0. The molecule has 0 fully saturated rings. The molecule has 0 aliphatic heterocycles. The van der Waals surface area contributed by atoms with Crippen molar-refractivity contribution in [3.05, 3.63) is 64.7 Å². The zero-order chi connectivity index (χ0) is 14.0. The Hall–Kier alpha value is -1.80. The molecule has 0 aromatic heterocycles. The largest absolute Gasteiger partial charge is 0.496 e. The first kappa shape index (κ1) is 13.6. The highest BCUT2D eigenvalue weighted by Crippen LogP contribution is 2.36. The summed E-state index contributed by atoms with van der Waals surface area (Å²) >= 11 is 0. The van der Waals surface area contributed by atoms with Gasteiger partial charge in [0, 0.05) is 5.56 Å². The van der Waals surface area contributed by atoms with Crippen LogP contribution in [0.3, 0.4) is 0 Å². The van der Waals surface area contributed by atoms with Gasteiger partial charge >= 0.3 is 0 Å². The van der Waals surface area contributed by atoms with Crippen LogP contribution in [0.5, 0.6) is 5.75 Å². The molecule has 0 aliphatic carbocycles. The van der Waals surface area contributed by atoms with E-state index < -0.39 is 5.54 Å². The number of hydrogen-bond donors (Lipinski definition) is 1. The van der Waals surface area contributed by atoms with Crippen molar-refractivity contribution in [2.75, 3.05) is 7.11 Å². The zero-order valence-corrected chi connectivity index (χ0v) is 12.0. The fourth-order valence-electron chi connectivity index (χ4n) is 2.40. The lowest BCUT2D eigenvalue weighted by Gasteiger charge is -2.29. The average Bonchev–Trinajstić information content (AvgIpc) is 2.42. The number of hydrogen-bond acceptors (Lipinski definition) is 2. The van der Waals surface area contributed by atoms with Gasteiger partial charge in [-0.3, -0.25) is 0 Å². The van der Waals surface area contributed by atoms with Gasteiger partial charge < -0.3 is 10.5 Å². The molecule has 2 aromatic carbocycles. The first-order valence-corrected chi connectivity index (χ1v) is 6.47. The van der Waals surface area contributed by atoms with Gasteiger partial charge in [-0.2, -0.15) is 0 Å². The van der Waals surface area contributed by atoms with E-state index in [4.69, 9.17) is 10.5 Å². The molecular formula is C17H21NO. The summed E-state index contributed by atoms with van der Waals surface area (Å²) < 4.78 is 5.58. The molecule has 0 aliphatic rings. The molecule has 1 atom stereocenters. The summed E-state index contributed by atoms with van der Waals surface area (Å²) in [5.41, 5.74) is 10.5. The monoisotopic (exact) mass is 255 g/mol. The molecule has 0 bridgehead atoms. The second-order valence-electron chi connectivity index (χ2n) is 5.16. The van der Waals surface area contributed by atoms with Gasteiger partial charge in [-0.1, -0.05) is 42.5 Å². The van der Waals surface area contributed by atoms with Crippen molar-refractivity contribution in [3.8, 4) is 5.75 Å². The van der Waals surface area contributed by atoms with E-state index in [1.165, 1.54) is 5.56 Å². The molecule has 2 nitrogen and oxygen atoms in total. The Bertz CT molecular complexity index is 573. The standard InChI is InChI=1S/C17H21NO/c1-12-10-11-15(16(19-4)13(12)2)17(3,18)14-8-6-5-7-9-14/h5-11H,18H2,1-4H3. The normalized spacial score (nSPS) is 13.9. The topological polar surface area (TPSA) is 35.2 Å². The van der Waals surface area contributed by atoms with Gasteiger partial charge in [0.2, 0.25) is 0 Å². The van der Waals surface area contributed by atoms with Crippen LogP contribution in [0.25, 0.3) is 0 Å². The maximum Gasteiger partial charge on any atom is 0.127 e. The third kappa shape index (κ3) is 2.36. The van der Waals surface area contributed by atoms with Gasteiger partial charge in [0.05, 0.1) is 12.6 Å². The van der Waals surface area contributed by atoms with Crippen molar-refractivity contribution in [2.45, 2.75) is 26.3 Å². The van der Waals surface area contributed by atoms with Gasteiger partial charge in [0.15, 0.2) is 0 Å². The third-order valence-electron chi connectivity index (χ3n) is 3.81. The minimum absolute atomic E-state index is 0.564. The highest BCUT2D eigenvalue weighted by atomic mass is 16.5. The quantitative estimate of drug-likeness (QED) is 0.910. The van der Waals surface area contributed by atoms with Crippen LogP contribution in [0, 0.1) is 13.8 Å².